The molecule has 0 saturated carbocycles. The van der Waals surface area contributed by atoms with Crippen molar-refractivity contribution in [3.8, 4) is 0 Å². The van der Waals surface area contributed by atoms with E-state index in [0.29, 0.717) is 0 Å². The first-order chi connectivity index (χ1) is 32.8. The average Bonchev–Trinajstić information content (AvgIpc) is 3.34. The standard InChI is InChI=1S/C38H66O31/c1-57-28-10(4-40)61-35(24(53)17(28)46)66-29-11(5-41)62-36(25(54)19(29)48)67-30-12(6-42)63-37(26(55)20(30)49)68-31-13(7-43)64-38(27(56)21(31)50)69-32-14(65-33(58-2)23(52)18(32)47)8-59-34-22(51)16(45)15(44)9(3-39)60-34/h9-56H,3-8H2,1-2H3/t9?,10?,11-,12?,13-,14?,15-,16-,17+,18?,19?,20+,21?,22?,23+,24?,25?,26?,27?,28+,29+,30+,31+,32?,33-,34-,35-,36-,37-,38-/m0/s1. The lowest BCUT2D eigenvalue weighted by Crippen LogP contribution is -2.68. The molecule has 0 aromatic carbocycles. The lowest BCUT2D eigenvalue weighted by molar-refractivity contribution is -0.394. The van der Waals surface area contributed by atoms with Gasteiger partial charge in [0.25, 0.3) is 0 Å². The molecule has 0 amide bonds. The molecule has 6 fully saturated rings. The summed E-state index contributed by atoms with van der Waals surface area (Å²) in [7, 11) is 2.32. The van der Waals surface area contributed by atoms with E-state index < -0.39 is 224 Å². The number of methoxy groups -OCH3 is 2. The number of hydrogen-bond donors (Lipinski definition) is 18. The molecule has 6 aliphatic rings. The maximum absolute atomic E-state index is 11.3. The van der Waals surface area contributed by atoms with Crippen LogP contribution < -0.4 is 0 Å². The second-order valence-electron chi connectivity index (χ2n) is 17.2. The van der Waals surface area contributed by atoms with Crippen LogP contribution in [0.3, 0.4) is 0 Å². The van der Waals surface area contributed by atoms with E-state index in [0.717, 1.165) is 7.11 Å². The summed E-state index contributed by atoms with van der Waals surface area (Å²) in [4.78, 5) is 0. The summed E-state index contributed by atoms with van der Waals surface area (Å²) >= 11 is 0. The van der Waals surface area contributed by atoms with Gasteiger partial charge in [0, 0.05) is 14.2 Å². The molecule has 6 rings (SSSR count). The van der Waals surface area contributed by atoms with Crippen LogP contribution in [0.2, 0.25) is 0 Å². The van der Waals surface area contributed by atoms with Crippen molar-refractivity contribution in [2.45, 2.75) is 184 Å². The minimum absolute atomic E-state index is 0.689. The molecule has 0 aromatic rings. The van der Waals surface area contributed by atoms with Crippen molar-refractivity contribution < 1.29 is 153 Å². The second-order valence-corrected chi connectivity index (χ2v) is 17.2. The molecule has 0 radical (unpaired) electrons. The Kier molecular flexibility index (Phi) is 20.6. The first-order valence-corrected chi connectivity index (χ1v) is 21.9. The Labute approximate surface area is 391 Å². The molecule has 31 nitrogen and oxygen atoms in total. The summed E-state index contributed by atoms with van der Waals surface area (Å²) < 4.78 is 72.0. The minimum Gasteiger partial charge on any atom is -0.394 e. The van der Waals surface area contributed by atoms with Crippen molar-refractivity contribution in [2.75, 3.05) is 53.9 Å². The molecular weight excluding hydrogens is 952 g/mol. The van der Waals surface area contributed by atoms with Crippen LogP contribution in [0.1, 0.15) is 0 Å². The number of aliphatic hydroxyl groups is 18. The van der Waals surface area contributed by atoms with E-state index >= 15 is 0 Å². The summed E-state index contributed by atoms with van der Waals surface area (Å²) in [5.41, 5.74) is 0. The van der Waals surface area contributed by atoms with Crippen LogP contribution in [0.4, 0.5) is 0 Å². The van der Waals surface area contributed by atoms with Crippen LogP contribution in [0.15, 0.2) is 0 Å². The average molecular weight is 1020 g/mol. The highest BCUT2D eigenvalue weighted by atomic mass is 16.8. The summed E-state index contributed by atoms with van der Waals surface area (Å²) in [6.45, 7) is -5.11. The Hall–Kier alpha value is -1.24. The summed E-state index contributed by atoms with van der Waals surface area (Å²) in [6.07, 6.45) is -53.4. The predicted octanol–water partition coefficient (Wildman–Crippen LogP) is -12.8. The van der Waals surface area contributed by atoms with Crippen LogP contribution in [0, 0.1) is 0 Å². The van der Waals surface area contributed by atoms with E-state index in [4.69, 9.17) is 61.6 Å². The summed E-state index contributed by atoms with van der Waals surface area (Å²) in [5, 5.41) is 191. The maximum Gasteiger partial charge on any atom is 0.187 e. The highest BCUT2D eigenvalue weighted by Crippen LogP contribution is 2.36. The maximum atomic E-state index is 11.3. The number of rotatable bonds is 18. The third kappa shape index (κ3) is 11.8. The first kappa shape index (κ1) is 57.0. The molecule has 0 aliphatic carbocycles. The molecule has 6 saturated heterocycles. The highest BCUT2D eigenvalue weighted by molar-refractivity contribution is 4.99. The molecule has 0 aromatic heterocycles. The van der Waals surface area contributed by atoms with Gasteiger partial charge in [-0.2, -0.15) is 0 Å². The van der Waals surface area contributed by atoms with E-state index in [1.54, 1.807) is 0 Å². The number of aliphatic hydroxyl groups excluding tert-OH is 18. The summed E-state index contributed by atoms with van der Waals surface area (Å²) in [5.74, 6) is 0. The van der Waals surface area contributed by atoms with Crippen LogP contribution >= 0.6 is 0 Å². The zero-order valence-electron chi connectivity index (χ0n) is 36.9. The highest BCUT2D eigenvalue weighted by Gasteiger charge is 2.57. The molecule has 69 heavy (non-hydrogen) atoms. The predicted molar refractivity (Wildman–Crippen MR) is 209 cm³/mol. The Bertz CT molecular complexity index is 1530. The quantitative estimate of drug-likeness (QED) is 0.0606. The molecule has 6 aliphatic heterocycles. The Morgan fingerprint density at radius 1 is 0.275 bits per heavy atom. The topological polar surface area (TPSA) is 484 Å². The normalized spacial score (nSPS) is 52.2. The van der Waals surface area contributed by atoms with Gasteiger partial charge in [0.2, 0.25) is 0 Å². The Morgan fingerprint density at radius 2 is 0.551 bits per heavy atom. The van der Waals surface area contributed by atoms with Gasteiger partial charge in [-0.15, -0.1) is 0 Å². The van der Waals surface area contributed by atoms with E-state index in [-0.39, 0.29) is 0 Å². The molecule has 31 heteroatoms. The van der Waals surface area contributed by atoms with Crippen molar-refractivity contribution in [1.82, 2.24) is 0 Å². The van der Waals surface area contributed by atoms with Crippen LogP contribution in [-0.4, -0.2) is 330 Å². The first-order valence-electron chi connectivity index (χ1n) is 21.9. The van der Waals surface area contributed by atoms with Crippen molar-refractivity contribution >= 4 is 0 Å². The smallest absolute Gasteiger partial charge is 0.187 e. The summed E-state index contributed by atoms with van der Waals surface area (Å²) in [6, 6.07) is 0. The number of hydrogen-bond acceptors (Lipinski definition) is 31. The van der Waals surface area contributed by atoms with Gasteiger partial charge in [-0.1, -0.05) is 0 Å². The fourth-order valence-electron chi connectivity index (χ4n) is 8.87. The zero-order chi connectivity index (χ0) is 50.8. The van der Waals surface area contributed by atoms with Crippen molar-refractivity contribution in [1.29, 1.82) is 0 Å². The van der Waals surface area contributed by atoms with Gasteiger partial charge >= 0.3 is 0 Å². The van der Waals surface area contributed by atoms with Crippen molar-refractivity contribution in [2.24, 2.45) is 0 Å². The zero-order valence-corrected chi connectivity index (χ0v) is 36.9. The van der Waals surface area contributed by atoms with Crippen molar-refractivity contribution in [3.63, 3.8) is 0 Å². The van der Waals surface area contributed by atoms with Gasteiger partial charge in [0.1, 0.15) is 146 Å². The van der Waals surface area contributed by atoms with Gasteiger partial charge in [-0.25, -0.2) is 0 Å². The fourth-order valence-corrected chi connectivity index (χ4v) is 8.87. The molecule has 0 bridgehead atoms. The van der Waals surface area contributed by atoms with Gasteiger partial charge in [-0.3, -0.25) is 0 Å². The monoisotopic (exact) mass is 1020 g/mol. The van der Waals surface area contributed by atoms with E-state index in [1.807, 2.05) is 0 Å². The van der Waals surface area contributed by atoms with Gasteiger partial charge in [-0.05, 0) is 0 Å². The molecule has 0 spiro atoms. The Morgan fingerprint density at radius 3 is 0.884 bits per heavy atom. The lowest BCUT2D eigenvalue weighted by atomic mass is 9.95. The lowest BCUT2D eigenvalue weighted by Gasteiger charge is -2.49. The second kappa shape index (κ2) is 24.9. The molecule has 404 valence electrons. The fraction of sp³-hybridized carbons (Fsp3) is 1.00. The van der Waals surface area contributed by atoms with Crippen molar-refractivity contribution in [3.05, 3.63) is 0 Å². The van der Waals surface area contributed by atoms with Crippen LogP contribution in [0.5, 0.6) is 0 Å². The third-order valence-corrected chi connectivity index (χ3v) is 12.9. The molecule has 6 heterocycles. The SMILES string of the molecule is CO[C@H]1OC(CO[C@H]2OC(CO)[C@H](O)[C@H](O)C2O)C(O[C@@H]2O[C@@H](CO)[C@@H](O[C@@H]3OC(CO)[C@@H](O[C@@H]4O[C@@H](CO)[C@@H](O[C@@H]5OC(CO)[C@@H](OC)[C@H](O)C5O)C(O)C4O)[C@H](O)C3O)C(O)C2O)C(O)[C@H]1O. The molecule has 18 N–H and O–H groups in total. The number of ether oxygens (including phenoxy) is 13. The molecular formula is C38H66O31. The largest absolute Gasteiger partial charge is 0.394 e. The van der Waals surface area contributed by atoms with Gasteiger partial charge < -0.3 is 153 Å². The molecule has 30 atom stereocenters. The van der Waals surface area contributed by atoms with E-state index in [1.165, 1.54) is 7.11 Å². The Balaban J connectivity index is 1.09. The minimum atomic E-state index is -2.16. The third-order valence-electron chi connectivity index (χ3n) is 12.9. The van der Waals surface area contributed by atoms with Gasteiger partial charge in [0.05, 0.1) is 39.6 Å². The van der Waals surface area contributed by atoms with E-state index in [2.05, 4.69) is 0 Å². The van der Waals surface area contributed by atoms with Crippen LogP contribution in [-0.2, 0) is 61.6 Å². The van der Waals surface area contributed by atoms with E-state index in [9.17, 15) is 91.9 Å². The van der Waals surface area contributed by atoms with Gasteiger partial charge in [0.15, 0.2) is 37.7 Å². The molecule has 13 unspecified atom stereocenters. The van der Waals surface area contributed by atoms with Crippen LogP contribution in [0.25, 0.3) is 0 Å².